The highest BCUT2D eigenvalue weighted by molar-refractivity contribution is 5.96. The summed E-state index contributed by atoms with van der Waals surface area (Å²) in [5, 5.41) is 11.9. The molecule has 1 heterocycles. The van der Waals surface area contributed by atoms with Crippen LogP contribution in [0.1, 0.15) is 35.7 Å². The van der Waals surface area contributed by atoms with Gasteiger partial charge in [-0.1, -0.05) is 37.3 Å². The summed E-state index contributed by atoms with van der Waals surface area (Å²) in [5.41, 5.74) is 2.23. The molecule has 2 aromatic rings. The molecule has 2 atom stereocenters. The minimum Gasteiger partial charge on any atom is -0.481 e. The first kappa shape index (κ1) is 20.6. The minimum atomic E-state index is -0.825. The number of carbonyl (C=O) groups is 3. The van der Waals surface area contributed by atoms with Gasteiger partial charge in [0.05, 0.1) is 11.8 Å². The summed E-state index contributed by atoms with van der Waals surface area (Å²) in [5.74, 6) is -1.66. The van der Waals surface area contributed by atoms with E-state index in [1.807, 2.05) is 30.3 Å². The van der Waals surface area contributed by atoms with Crippen LogP contribution in [0.3, 0.4) is 0 Å². The Kier molecular flexibility index (Phi) is 6.65. The van der Waals surface area contributed by atoms with E-state index in [0.29, 0.717) is 30.8 Å². The lowest BCUT2D eigenvalue weighted by Gasteiger charge is -2.32. The summed E-state index contributed by atoms with van der Waals surface area (Å²) < 4.78 is 0. The number of carboxylic acids is 1. The van der Waals surface area contributed by atoms with E-state index in [1.54, 1.807) is 36.1 Å². The first-order valence-corrected chi connectivity index (χ1v) is 9.91. The Hall–Kier alpha value is -3.15. The molecule has 1 fully saturated rings. The van der Waals surface area contributed by atoms with Crippen LogP contribution in [0.5, 0.6) is 0 Å². The molecule has 6 nitrogen and oxygen atoms in total. The number of amides is 2. The first-order chi connectivity index (χ1) is 13.9. The third-order valence-electron chi connectivity index (χ3n) is 5.29. The molecule has 2 amide bonds. The molecular formula is C23H26N2O4. The first-order valence-electron chi connectivity index (χ1n) is 9.91. The molecule has 0 saturated carbocycles. The number of piperidine rings is 1. The topological polar surface area (TPSA) is 86.7 Å². The fourth-order valence-corrected chi connectivity index (χ4v) is 3.55. The number of carboxylic acid groups (broad SMARTS) is 1. The lowest BCUT2D eigenvalue weighted by atomic mass is 9.96. The van der Waals surface area contributed by atoms with Crippen molar-refractivity contribution in [2.24, 2.45) is 11.8 Å². The molecule has 0 radical (unpaired) electrons. The van der Waals surface area contributed by atoms with Crippen LogP contribution in [-0.2, 0) is 16.0 Å². The van der Waals surface area contributed by atoms with Crippen LogP contribution < -0.4 is 5.32 Å². The molecule has 6 heteroatoms. The second-order valence-electron chi connectivity index (χ2n) is 7.59. The zero-order chi connectivity index (χ0) is 20.8. The quantitative estimate of drug-likeness (QED) is 0.786. The van der Waals surface area contributed by atoms with Crippen molar-refractivity contribution < 1.29 is 19.5 Å². The van der Waals surface area contributed by atoms with E-state index in [2.05, 4.69) is 5.32 Å². The Morgan fingerprint density at radius 2 is 1.79 bits per heavy atom. The molecule has 0 bridgehead atoms. The van der Waals surface area contributed by atoms with Crippen molar-refractivity contribution in [3.63, 3.8) is 0 Å². The number of nitrogens with zero attached hydrogens (tertiary/aromatic N) is 1. The van der Waals surface area contributed by atoms with E-state index in [4.69, 9.17) is 5.11 Å². The largest absolute Gasteiger partial charge is 0.481 e. The van der Waals surface area contributed by atoms with Crippen molar-refractivity contribution in [2.45, 2.75) is 26.2 Å². The number of likely N-dealkylation sites (tertiary alicyclic amines) is 1. The third kappa shape index (κ3) is 5.44. The van der Waals surface area contributed by atoms with Crippen LogP contribution in [0.4, 0.5) is 5.69 Å². The smallest absolute Gasteiger partial charge is 0.306 e. The van der Waals surface area contributed by atoms with Gasteiger partial charge in [-0.3, -0.25) is 14.4 Å². The van der Waals surface area contributed by atoms with Gasteiger partial charge in [0.25, 0.3) is 5.91 Å². The summed E-state index contributed by atoms with van der Waals surface area (Å²) in [6.07, 6.45) is 1.99. The third-order valence-corrected chi connectivity index (χ3v) is 5.29. The standard InChI is InChI=1S/C23H26N2O4/c1-16(23(28)29)14-17-9-11-20(12-10-17)24-21(26)19-8-5-13-25(15-19)22(27)18-6-3-2-4-7-18/h2-4,6-7,9-12,16,19H,5,8,13-15H2,1H3,(H,24,26)(H,28,29). The number of rotatable bonds is 6. The van der Waals surface area contributed by atoms with Gasteiger partial charge in [-0.25, -0.2) is 0 Å². The van der Waals surface area contributed by atoms with E-state index in [9.17, 15) is 14.4 Å². The molecule has 1 aliphatic rings. The number of aliphatic carboxylic acids is 1. The van der Waals surface area contributed by atoms with Crippen LogP contribution in [-0.4, -0.2) is 40.9 Å². The van der Waals surface area contributed by atoms with Crippen molar-refractivity contribution in [1.29, 1.82) is 0 Å². The van der Waals surface area contributed by atoms with Crippen LogP contribution in [0.25, 0.3) is 0 Å². The lowest BCUT2D eigenvalue weighted by Crippen LogP contribution is -2.43. The predicted molar refractivity (Wildman–Crippen MR) is 111 cm³/mol. The molecule has 29 heavy (non-hydrogen) atoms. The zero-order valence-electron chi connectivity index (χ0n) is 16.5. The number of hydrogen-bond donors (Lipinski definition) is 2. The molecule has 2 unspecified atom stereocenters. The number of nitrogens with one attached hydrogen (secondary N) is 1. The van der Waals surface area contributed by atoms with Crippen LogP contribution in [0.15, 0.2) is 54.6 Å². The van der Waals surface area contributed by atoms with Gasteiger partial charge in [-0.15, -0.1) is 0 Å². The van der Waals surface area contributed by atoms with E-state index < -0.39 is 11.9 Å². The van der Waals surface area contributed by atoms with Crippen molar-refractivity contribution in [1.82, 2.24) is 4.90 Å². The Bertz CT molecular complexity index is 864. The Labute approximate surface area is 170 Å². The number of anilines is 1. The van der Waals surface area contributed by atoms with Crippen molar-refractivity contribution in [2.75, 3.05) is 18.4 Å². The zero-order valence-corrected chi connectivity index (χ0v) is 16.5. The van der Waals surface area contributed by atoms with E-state index in [0.717, 1.165) is 18.4 Å². The summed E-state index contributed by atoms with van der Waals surface area (Å²) in [6, 6.07) is 16.4. The Morgan fingerprint density at radius 3 is 2.45 bits per heavy atom. The van der Waals surface area contributed by atoms with Crippen molar-refractivity contribution >= 4 is 23.5 Å². The number of benzene rings is 2. The van der Waals surface area contributed by atoms with Crippen LogP contribution in [0, 0.1) is 11.8 Å². The van der Waals surface area contributed by atoms with Crippen molar-refractivity contribution in [3.8, 4) is 0 Å². The highest BCUT2D eigenvalue weighted by Gasteiger charge is 2.29. The van der Waals surface area contributed by atoms with E-state index in [-0.39, 0.29) is 17.7 Å². The maximum Gasteiger partial charge on any atom is 0.306 e. The average Bonchev–Trinajstić information content (AvgIpc) is 2.75. The highest BCUT2D eigenvalue weighted by atomic mass is 16.4. The Morgan fingerprint density at radius 1 is 1.10 bits per heavy atom. The van der Waals surface area contributed by atoms with Crippen LogP contribution in [0.2, 0.25) is 0 Å². The van der Waals surface area contributed by atoms with Gasteiger partial charge >= 0.3 is 5.97 Å². The number of carbonyl (C=O) groups excluding carboxylic acids is 2. The molecule has 1 saturated heterocycles. The van der Waals surface area contributed by atoms with Gasteiger partial charge in [-0.05, 0) is 49.1 Å². The fourth-order valence-electron chi connectivity index (χ4n) is 3.55. The predicted octanol–water partition coefficient (Wildman–Crippen LogP) is 3.44. The van der Waals surface area contributed by atoms with Gasteiger partial charge in [0.15, 0.2) is 0 Å². The summed E-state index contributed by atoms with van der Waals surface area (Å²) in [7, 11) is 0. The second-order valence-corrected chi connectivity index (χ2v) is 7.59. The van der Waals surface area contributed by atoms with Crippen molar-refractivity contribution in [3.05, 3.63) is 65.7 Å². The SMILES string of the molecule is CC(Cc1ccc(NC(=O)C2CCCN(C(=O)c3ccccc3)C2)cc1)C(=O)O. The van der Waals surface area contributed by atoms with Gasteiger partial charge in [0, 0.05) is 24.3 Å². The monoisotopic (exact) mass is 394 g/mol. The second kappa shape index (κ2) is 9.37. The summed E-state index contributed by atoms with van der Waals surface area (Å²) >= 11 is 0. The molecule has 3 rings (SSSR count). The van der Waals surface area contributed by atoms with Gasteiger partial charge in [0.2, 0.25) is 5.91 Å². The summed E-state index contributed by atoms with van der Waals surface area (Å²) in [4.78, 5) is 38.1. The maximum atomic E-state index is 12.7. The maximum absolute atomic E-state index is 12.7. The minimum absolute atomic E-state index is 0.0417. The summed E-state index contributed by atoms with van der Waals surface area (Å²) in [6.45, 7) is 2.74. The molecule has 2 N–H and O–H groups in total. The lowest BCUT2D eigenvalue weighted by molar-refractivity contribution is -0.141. The highest BCUT2D eigenvalue weighted by Crippen LogP contribution is 2.21. The number of hydrogen-bond acceptors (Lipinski definition) is 3. The molecule has 2 aromatic carbocycles. The Balaban J connectivity index is 1.57. The molecule has 0 spiro atoms. The fraction of sp³-hybridized carbons (Fsp3) is 0.348. The normalized spacial score (nSPS) is 17.4. The molecule has 0 aromatic heterocycles. The van der Waals surface area contributed by atoms with E-state index in [1.165, 1.54) is 0 Å². The molecular weight excluding hydrogens is 368 g/mol. The molecule has 1 aliphatic heterocycles. The molecule has 0 aliphatic carbocycles. The van der Waals surface area contributed by atoms with Gasteiger partial charge < -0.3 is 15.3 Å². The van der Waals surface area contributed by atoms with Crippen LogP contribution >= 0.6 is 0 Å². The van der Waals surface area contributed by atoms with Gasteiger partial charge in [0.1, 0.15) is 0 Å². The van der Waals surface area contributed by atoms with E-state index >= 15 is 0 Å². The molecule has 152 valence electrons. The van der Waals surface area contributed by atoms with Gasteiger partial charge in [-0.2, -0.15) is 0 Å². The average molecular weight is 394 g/mol.